The zero-order valence-electron chi connectivity index (χ0n) is 6.51. The van der Waals surface area contributed by atoms with Crippen LogP contribution >= 0.6 is 11.5 Å². The maximum Gasteiger partial charge on any atom is 0.0586 e. The third-order valence-corrected chi connectivity index (χ3v) is 2.28. The lowest BCUT2D eigenvalue weighted by Gasteiger charge is -1.88. The average molecular weight is 153 g/mol. The summed E-state index contributed by atoms with van der Waals surface area (Å²) in [4.78, 5) is 1.30. The summed E-state index contributed by atoms with van der Waals surface area (Å²) in [5.41, 5.74) is 2.42. The Hall–Kier alpha value is -0.630. The Kier molecular flexibility index (Phi) is 2.22. The van der Waals surface area contributed by atoms with Crippen LogP contribution < -0.4 is 0 Å². The highest BCUT2D eigenvalue weighted by molar-refractivity contribution is 7.06. The van der Waals surface area contributed by atoms with Crippen LogP contribution in [0.4, 0.5) is 0 Å². The lowest BCUT2D eigenvalue weighted by Crippen LogP contribution is -1.74. The topological polar surface area (TPSA) is 12.9 Å². The Morgan fingerprint density at radius 1 is 1.40 bits per heavy atom. The summed E-state index contributed by atoms with van der Waals surface area (Å²) in [7, 11) is 0. The van der Waals surface area contributed by atoms with Crippen molar-refractivity contribution in [2.24, 2.45) is 0 Å². The van der Waals surface area contributed by atoms with Crippen LogP contribution in [0.2, 0.25) is 0 Å². The molecule has 0 atom stereocenters. The van der Waals surface area contributed by atoms with Crippen molar-refractivity contribution in [1.82, 2.24) is 4.37 Å². The van der Waals surface area contributed by atoms with E-state index in [1.165, 1.54) is 10.4 Å². The van der Waals surface area contributed by atoms with E-state index in [1.54, 1.807) is 11.5 Å². The largest absolute Gasteiger partial charge is 0.197 e. The fourth-order valence-electron chi connectivity index (χ4n) is 0.895. The average Bonchev–Trinajstić information content (AvgIpc) is 2.20. The smallest absolute Gasteiger partial charge is 0.0586 e. The van der Waals surface area contributed by atoms with Crippen LogP contribution in [0.5, 0.6) is 0 Å². The van der Waals surface area contributed by atoms with Gasteiger partial charge in [-0.2, -0.15) is 4.37 Å². The first kappa shape index (κ1) is 7.48. The molecule has 0 radical (unpaired) electrons. The Morgan fingerprint density at radius 3 is 2.50 bits per heavy atom. The quantitative estimate of drug-likeness (QED) is 0.604. The van der Waals surface area contributed by atoms with Gasteiger partial charge >= 0.3 is 0 Å². The molecule has 1 aromatic rings. The van der Waals surface area contributed by atoms with Gasteiger partial charge < -0.3 is 0 Å². The molecule has 0 unspecified atom stereocenters. The molecule has 0 fully saturated rings. The van der Waals surface area contributed by atoms with Crippen molar-refractivity contribution >= 4 is 17.6 Å². The standard InChI is InChI=1S/C8H11NS/c1-4-5-8-6(2)9-10-7(8)3/h4-5H,1-3H3/b5-4+. The van der Waals surface area contributed by atoms with Gasteiger partial charge in [-0.1, -0.05) is 12.2 Å². The zero-order chi connectivity index (χ0) is 7.56. The number of rotatable bonds is 1. The second kappa shape index (κ2) is 2.97. The SMILES string of the molecule is C/C=C/c1c(C)nsc1C. The molecule has 1 nitrogen and oxygen atoms in total. The van der Waals surface area contributed by atoms with Gasteiger partial charge in [0.25, 0.3) is 0 Å². The molecule has 0 bridgehead atoms. The number of hydrogen-bond donors (Lipinski definition) is 0. The van der Waals surface area contributed by atoms with E-state index in [9.17, 15) is 0 Å². The van der Waals surface area contributed by atoms with E-state index in [4.69, 9.17) is 0 Å². The number of hydrogen-bond acceptors (Lipinski definition) is 2. The Balaban J connectivity index is 3.10. The van der Waals surface area contributed by atoms with Gasteiger partial charge in [-0.25, -0.2) is 0 Å². The van der Waals surface area contributed by atoms with Gasteiger partial charge in [0, 0.05) is 10.4 Å². The van der Waals surface area contributed by atoms with Crippen LogP contribution in [0.25, 0.3) is 6.08 Å². The number of aromatic nitrogens is 1. The Morgan fingerprint density at radius 2 is 2.10 bits per heavy atom. The van der Waals surface area contributed by atoms with Gasteiger partial charge in [-0.3, -0.25) is 0 Å². The van der Waals surface area contributed by atoms with E-state index in [0.717, 1.165) is 5.69 Å². The summed E-state index contributed by atoms with van der Waals surface area (Å²) in [6.45, 7) is 6.16. The van der Waals surface area contributed by atoms with E-state index in [0.29, 0.717) is 0 Å². The third-order valence-electron chi connectivity index (χ3n) is 1.42. The van der Waals surface area contributed by atoms with Crippen molar-refractivity contribution in [1.29, 1.82) is 0 Å². The van der Waals surface area contributed by atoms with Gasteiger partial charge in [0.1, 0.15) is 0 Å². The fraction of sp³-hybridized carbons (Fsp3) is 0.375. The predicted octanol–water partition coefficient (Wildman–Crippen LogP) is 2.79. The van der Waals surface area contributed by atoms with E-state index < -0.39 is 0 Å². The van der Waals surface area contributed by atoms with E-state index >= 15 is 0 Å². The molecule has 0 aliphatic rings. The summed E-state index contributed by atoms with van der Waals surface area (Å²) in [5.74, 6) is 0. The molecule has 0 saturated heterocycles. The van der Waals surface area contributed by atoms with Gasteiger partial charge in [-0.15, -0.1) is 0 Å². The number of aryl methyl sites for hydroxylation is 2. The highest BCUT2D eigenvalue weighted by Gasteiger charge is 2.00. The first-order valence-electron chi connectivity index (χ1n) is 3.31. The summed E-state index contributed by atoms with van der Waals surface area (Å²) < 4.78 is 4.23. The zero-order valence-corrected chi connectivity index (χ0v) is 7.33. The lowest BCUT2D eigenvalue weighted by molar-refractivity contribution is 1.32. The molecule has 54 valence electrons. The lowest BCUT2D eigenvalue weighted by atomic mass is 10.2. The van der Waals surface area contributed by atoms with Crippen molar-refractivity contribution < 1.29 is 0 Å². The van der Waals surface area contributed by atoms with Crippen LogP contribution in [-0.2, 0) is 0 Å². The summed E-state index contributed by atoms with van der Waals surface area (Å²) >= 11 is 1.57. The van der Waals surface area contributed by atoms with Crippen LogP contribution in [0.3, 0.4) is 0 Å². The van der Waals surface area contributed by atoms with Gasteiger partial charge in [0.05, 0.1) is 5.69 Å². The molecule has 0 N–H and O–H groups in total. The van der Waals surface area contributed by atoms with Gasteiger partial charge in [-0.05, 0) is 32.3 Å². The van der Waals surface area contributed by atoms with Crippen LogP contribution in [-0.4, -0.2) is 4.37 Å². The van der Waals surface area contributed by atoms with Gasteiger partial charge in [0.2, 0.25) is 0 Å². The molecule has 2 heteroatoms. The minimum atomic E-state index is 1.14. The number of allylic oxidation sites excluding steroid dienone is 1. The van der Waals surface area contributed by atoms with Crippen molar-refractivity contribution in [3.05, 3.63) is 22.2 Å². The van der Waals surface area contributed by atoms with Crippen molar-refractivity contribution in [2.45, 2.75) is 20.8 Å². The third kappa shape index (κ3) is 1.27. The van der Waals surface area contributed by atoms with E-state index in [1.807, 2.05) is 19.9 Å². The molecule has 1 aromatic heterocycles. The summed E-state index contributed by atoms with van der Waals surface area (Å²) in [6.07, 6.45) is 4.15. The highest BCUT2D eigenvalue weighted by atomic mass is 32.1. The molecule has 0 saturated carbocycles. The molecule has 0 aliphatic carbocycles. The predicted molar refractivity (Wildman–Crippen MR) is 46.3 cm³/mol. The molecular weight excluding hydrogens is 142 g/mol. The molecule has 0 aliphatic heterocycles. The monoisotopic (exact) mass is 153 g/mol. The second-order valence-electron chi connectivity index (χ2n) is 2.24. The minimum Gasteiger partial charge on any atom is -0.197 e. The maximum atomic E-state index is 4.23. The first-order valence-corrected chi connectivity index (χ1v) is 4.08. The van der Waals surface area contributed by atoms with Crippen LogP contribution in [0, 0.1) is 13.8 Å². The Bertz CT molecular complexity index is 228. The van der Waals surface area contributed by atoms with Crippen molar-refractivity contribution in [2.75, 3.05) is 0 Å². The molecule has 0 amide bonds. The summed E-state index contributed by atoms with van der Waals surface area (Å²) in [5, 5.41) is 0. The molecule has 1 rings (SSSR count). The minimum absolute atomic E-state index is 1.14. The highest BCUT2D eigenvalue weighted by Crippen LogP contribution is 2.17. The van der Waals surface area contributed by atoms with Crippen LogP contribution in [0.1, 0.15) is 23.1 Å². The molecule has 0 spiro atoms. The van der Waals surface area contributed by atoms with Crippen molar-refractivity contribution in [3.8, 4) is 0 Å². The first-order chi connectivity index (χ1) is 4.75. The second-order valence-corrected chi connectivity index (χ2v) is 3.22. The van der Waals surface area contributed by atoms with E-state index in [-0.39, 0.29) is 0 Å². The molecule has 1 heterocycles. The molecule has 10 heavy (non-hydrogen) atoms. The van der Waals surface area contributed by atoms with Gasteiger partial charge in [0.15, 0.2) is 0 Å². The molecular formula is C8H11NS. The van der Waals surface area contributed by atoms with E-state index in [2.05, 4.69) is 17.4 Å². The van der Waals surface area contributed by atoms with Crippen molar-refractivity contribution in [3.63, 3.8) is 0 Å². The van der Waals surface area contributed by atoms with Crippen LogP contribution in [0.15, 0.2) is 6.08 Å². The fourth-order valence-corrected chi connectivity index (χ4v) is 1.58. The molecule has 0 aromatic carbocycles. The number of nitrogens with zero attached hydrogens (tertiary/aromatic N) is 1. The normalized spacial score (nSPS) is 11.1. The summed E-state index contributed by atoms with van der Waals surface area (Å²) in [6, 6.07) is 0. The maximum absolute atomic E-state index is 4.23. The Labute approximate surface area is 65.6 Å².